The first-order valence-electron chi connectivity index (χ1n) is 7.04. The van der Waals surface area contributed by atoms with Crippen LogP contribution in [0.25, 0.3) is 6.20 Å². The molecule has 0 spiro atoms. The van der Waals surface area contributed by atoms with Crippen LogP contribution < -0.4 is 21.8 Å². The number of hydrazine groups is 1. The molecule has 0 bridgehead atoms. The van der Waals surface area contributed by atoms with Crippen LogP contribution in [-0.4, -0.2) is 32.6 Å². The number of halogens is 1. The molecule has 1 aromatic rings. The fourth-order valence-electron chi connectivity index (χ4n) is 1.98. The molecular weight excluding hydrogens is 304 g/mol. The quantitative estimate of drug-likeness (QED) is 0.355. The zero-order valence-electron chi connectivity index (χ0n) is 12.8. The zero-order valence-corrected chi connectivity index (χ0v) is 14.5. The SMILES string of the molecule is C[Si](C)(C)CCOCN1C=c2ccc(Cl)cc2=NC1NN. The number of hydrogen-bond donors (Lipinski definition) is 2. The Kier molecular flexibility index (Phi) is 5.40. The van der Waals surface area contributed by atoms with E-state index in [1.54, 1.807) is 0 Å². The summed E-state index contributed by atoms with van der Waals surface area (Å²) in [5, 5.41) is 2.52. The van der Waals surface area contributed by atoms with Crippen LogP contribution in [-0.2, 0) is 4.74 Å². The van der Waals surface area contributed by atoms with Crippen molar-refractivity contribution in [3.05, 3.63) is 33.8 Å². The van der Waals surface area contributed by atoms with Gasteiger partial charge in [-0.25, -0.2) is 10.4 Å². The molecule has 1 heterocycles. The minimum atomic E-state index is -1.07. The number of nitrogens with one attached hydrogen (secondary N) is 1. The first-order valence-corrected chi connectivity index (χ1v) is 11.1. The molecule has 7 heteroatoms. The third kappa shape index (κ3) is 4.79. The molecule has 0 fully saturated rings. The molecule has 1 aliphatic rings. The highest BCUT2D eigenvalue weighted by molar-refractivity contribution is 6.76. The van der Waals surface area contributed by atoms with E-state index in [-0.39, 0.29) is 6.29 Å². The van der Waals surface area contributed by atoms with Gasteiger partial charge in [0.05, 0.1) is 5.36 Å². The van der Waals surface area contributed by atoms with Gasteiger partial charge in [0, 0.05) is 31.1 Å². The van der Waals surface area contributed by atoms with Gasteiger partial charge >= 0.3 is 0 Å². The fourth-order valence-corrected chi connectivity index (χ4v) is 2.91. The summed E-state index contributed by atoms with van der Waals surface area (Å²) in [6.45, 7) is 8.24. The second-order valence-electron chi connectivity index (χ2n) is 6.36. The van der Waals surface area contributed by atoms with Gasteiger partial charge in [-0.2, -0.15) is 0 Å². The maximum absolute atomic E-state index is 5.99. The Morgan fingerprint density at radius 3 is 2.86 bits per heavy atom. The van der Waals surface area contributed by atoms with Crippen LogP contribution in [0.5, 0.6) is 0 Å². The maximum atomic E-state index is 5.99. The lowest BCUT2D eigenvalue weighted by Crippen LogP contribution is -2.51. The Hall–Kier alpha value is -0.923. The topological polar surface area (TPSA) is 62.9 Å². The van der Waals surface area contributed by atoms with Crippen LogP contribution in [0.4, 0.5) is 0 Å². The van der Waals surface area contributed by atoms with Crippen molar-refractivity contribution in [2.45, 2.75) is 32.0 Å². The maximum Gasteiger partial charge on any atom is 0.190 e. The molecule has 1 unspecified atom stereocenters. The predicted molar refractivity (Wildman–Crippen MR) is 88.6 cm³/mol. The Balaban J connectivity index is 2.04. The van der Waals surface area contributed by atoms with Crippen LogP contribution in [0.2, 0.25) is 30.7 Å². The molecule has 21 heavy (non-hydrogen) atoms. The van der Waals surface area contributed by atoms with E-state index in [1.165, 1.54) is 0 Å². The number of ether oxygens (including phenoxy) is 1. The molecule has 0 saturated heterocycles. The van der Waals surface area contributed by atoms with E-state index < -0.39 is 8.07 Å². The summed E-state index contributed by atoms with van der Waals surface area (Å²) in [5.41, 5.74) is 2.69. The molecular formula is C14H23ClN4OSi. The molecule has 0 radical (unpaired) electrons. The molecule has 0 amide bonds. The van der Waals surface area contributed by atoms with E-state index in [9.17, 15) is 0 Å². The summed E-state index contributed by atoms with van der Waals surface area (Å²) in [5.74, 6) is 5.58. The largest absolute Gasteiger partial charge is 0.361 e. The fraction of sp³-hybridized carbons (Fsp3) is 0.500. The van der Waals surface area contributed by atoms with E-state index in [0.717, 1.165) is 23.2 Å². The second kappa shape index (κ2) is 6.89. The average Bonchev–Trinajstić information content (AvgIpc) is 2.41. The van der Waals surface area contributed by atoms with Crippen LogP contribution >= 0.6 is 11.6 Å². The van der Waals surface area contributed by atoms with Gasteiger partial charge in [0.1, 0.15) is 6.73 Å². The Morgan fingerprint density at radius 2 is 2.19 bits per heavy atom. The van der Waals surface area contributed by atoms with Gasteiger partial charge in [-0.05, 0) is 24.2 Å². The normalized spacial score (nSPS) is 18.0. The van der Waals surface area contributed by atoms with Crippen molar-refractivity contribution in [3.63, 3.8) is 0 Å². The van der Waals surface area contributed by atoms with Gasteiger partial charge in [0.25, 0.3) is 0 Å². The lowest BCUT2D eigenvalue weighted by molar-refractivity contribution is 0.0423. The molecule has 1 atom stereocenters. The number of nitrogens with two attached hydrogens (primary N) is 1. The van der Waals surface area contributed by atoms with E-state index >= 15 is 0 Å². The smallest absolute Gasteiger partial charge is 0.190 e. The van der Waals surface area contributed by atoms with E-state index in [1.807, 2.05) is 29.3 Å². The minimum absolute atomic E-state index is 0.331. The number of nitrogens with zero attached hydrogens (tertiary/aromatic N) is 2. The average molecular weight is 327 g/mol. The number of rotatable bonds is 6. The molecule has 2 rings (SSSR count). The highest BCUT2D eigenvalue weighted by Gasteiger charge is 2.17. The summed E-state index contributed by atoms with van der Waals surface area (Å²) >= 11 is 5.99. The summed E-state index contributed by atoms with van der Waals surface area (Å²) < 4.78 is 5.77. The molecule has 0 saturated carbocycles. The predicted octanol–water partition coefficient (Wildman–Crippen LogP) is 1.07. The van der Waals surface area contributed by atoms with Crippen LogP contribution in [0.3, 0.4) is 0 Å². The molecule has 0 aliphatic carbocycles. The molecule has 1 aromatic carbocycles. The molecule has 3 N–H and O–H groups in total. The first kappa shape index (κ1) is 16.4. The van der Waals surface area contributed by atoms with Gasteiger partial charge in [-0.1, -0.05) is 31.2 Å². The van der Waals surface area contributed by atoms with Crippen molar-refractivity contribution in [3.8, 4) is 0 Å². The number of benzene rings is 1. The summed E-state index contributed by atoms with van der Waals surface area (Å²) in [4.78, 5) is 6.48. The minimum Gasteiger partial charge on any atom is -0.361 e. The van der Waals surface area contributed by atoms with Crippen LogP contribution in [0, 0.1) is 0 Å². The van der Waals surface area contributed by atoms with Gasteiger partial charge in [-0.3, -0.25) is 5.84 Å². The lowest BCUT2D eigenvalue weighted by atomic mass is 10.2. The van der Waals surface area contributed by atoms with Gasteiger partial charge in [0.15, 0.2) is 6.29 Å². The number of hydrogen-bond acceptors (Lipinski definition) is 5. The van der Waals surface area contributed by atoms with Crippen molar-refractivity contribution in [2.75, 3.05) is 13.3 Å². The highest BCUT2D eigenvalue weighted by atomic mass is 35.5. The first-order chi connectivity index (χ1) is 9.89. The van der Waals surface area contributed by atoms with E-state index in [2.05, 4.69) is 30.1 Å². The summed E-state index contributed by atoms with van der Waals surface area (Å²) in [7, 11) is -1.07. The lowest BCUT2D eigenvalue weighted by Gasteiger charge is -2.29. The zero-order chi connectivity index (χ0) is 15.5. The monoisotopic (exact) mass is 326 g/mol. The Bertz CT molecular complexity index is 602. The van der Waals surface area contributed by atoms with Crippen LogP contribution in [0.1, 0.15) is 0 Å². The molecule has 5 nitrogen and oxygen atoms in total. The third-order valence-corrected chi connectivity index (χ3v) is 5.20. The molecule has 116 valence electrons. The van der Waals surface area contributed by atoms with Crippen molar-refractivity contribution in [2.24, 2.45) is 10.8 Å². The summed E-state index contributed by atoms with van der Waals surface area (Å²) in [6, 6.07) is 6.78. The number of fused-ring (bicyclic) bond motifs is 1. The van der Waals surface area contributed by atoms with E-state index in [4.69, 9.17) is 22.2 Å². The Labute approximate surface area is 131 Å². The van der Waals surface area contributed by atoms with E-state index in [0.29, 0.717) is 11.8 Å². The standard InChI is InChI=1S/C14H23ClN4OSi/c1-21(2,3)7-6-20-10-19-9-11-4-5-12(15)8-13(11)17-14(19)18-16/h4-5,8-9,14,18H,6-7,10,16H2,1-3H3. The Morgan fingerprint density at radius 1 is 1.43 bits per heavy atom. The molecule has 0 aromatic heterocycles. The van der Waals surface area contributed by atoms with Crippen molar-refractivity contribution in [1.29, 1.82) is 0 Å². The van der Waals surface area contributed by atoms with Crippen molar-refractivity contribution < 1.29 is 4.74 Å². The highest BCUT2D eigenvalue weighted by Crippen LogP contribution is 2.09. The summed E-state index contributed by atoms with van der Waals surface area (Å²) in [6.07, 6.45) is 1.67. The van der Waals surface area contributed by atoms with Gasteiger partial charge in [0.2, 0.25) is 0 Å². The third-order valence-electron chi connectivity index (χ3n) is 3.26. The molecule has 1 aliphatic heterocycles. The van der Waals surface area contributed by atoms with Gasteiger partial charge in [-0.15, -0.1) is 0 Å². The van der Waals surface area contributed by atoms with Crippen molar-refractivity contribution in [1.82, 2.24) is 10.3 Å². The van der Waals surface area contributed by atoms with Crippen LogP contribution in [0.15, 0.2) is 23.2 Å². The van der Waals surface area contributed by atoms with Gasteiger partial charge < -0.3 is 9.64 Å². The van der Waals surface area contributed by atoms with Crippen molar-refractivity contribution >= 4 is 25.9 Å². The second-order valence-corrected chi connectivity index (χ2v) is 12.4.